The van der Waals surface area contributed by atoms with E-state index in [1.165, 1.54) is 5.56 Å². The number of benzene rings is 1. The standard InChI is InChI=1S/C11H12Cl2/c1-9(12)3-2-4-10-5-7-11(13)8-6-10/h5-8H,1-4H2. The molecule has 0 heterocycles. The maximum absolute atomic E-state index is 5.76. The second kappa shape index (κ2) is 5.31. The Morgan fingerprint density at radius 2 is 1.85 bits per heavy atom. The fourth-order valence-electron chi connectivity index (χ4n) is 1.14. The van der Waals surface area contributed by atoms with Crippen LogP contribution in [0.2, 0.25) is 5.02 Å². The number of aryl methyl sites for hydroxylation is 1. The second-order valence-electron chi connectivity index (χ2n) is 3.00. The minimum absolute atomic E-state index is 0.731. The van der Waals surface area contributed by atoms with Crippen molar-refractivity contribution in [2.24, 2.45) is 0 Å². The summed E-state index contributed by atoms with van der Waals surface area (Å²) >= 11 is 11.4. The second-order valence-corrected chi connectivity index (χ2v) is 3.97. The van der Waals surface area contributed by atoms with Crippen molar-refractivity contribution >= 4 is 23.2 Å². The van der Waals surface area contributed by atoms with Gasteiger partial charge >= 0.3 is 0 Å². The summed E-state index contributed by atoms with van der Waals surface area (Å²) < 4.78 is 0. The van der Waals surface area contributed by atoms with Crippen LogP contribution in [0.3, 0.4) is 0 Å². The van der Waals surface area contributed by atoms with Crippen LogP contribution in [0.5, 0.6) is 0 Å². The normalized spacial score (nSPS) is 10.0. The lowest BCUT2D eigenvalue weighted by atomic mass is 10.1. The molecule has 70 valence electrons. The van der Waals surface area contributed by atoms with E-state index in [0.717, 1.165) is 29.3 Å². The van der Waals surface area contributed by atoms with Gasteiger partial charge in [-0.1, -0.05) is 41.9 Å². The summed E-state index contributed by atoms with van der Waals surface area (Å²) in [5.74, 6) is 0. The van der Waals surface area contributed by atoms with Gasteiger partial charge in [0.25, 0.3) is 0 Å². The predicted octanol–water partition coefficient (Wildman–Crippen LogP) is 4.42. The fourth-order valence-corrected chi connectivity index (χ4v) is 1.40. The van der Waals surface area contributed by atoms with E-state index in [2.05, 4.69) is 6.58 Å². The van der Waals surface area contributed by atoms with E-state index in [1.807, 2.05) is 24.3 Å². The molecule has 0 saturated heterocycles. The summed E-state index contributed by atoms with van der Waals surface area (Å²) in [5.41, 5.74) is 1.29. The van der Waals surface area contributed by atoms with Gasteiger partial charge < -0.3 is 0 Å². The molecule has 0 aliphatic heterocycles. The van der Waals surface area contributed by atoms with Gasteiger partial charge in [-0.3, -0.25) is 0 Å². The Morgan fingerprint density at radius 1 is 1.23 bits per heavy atom. The van der Waals surface area contributed by atoms with Crippen LogP contribution in [-0.4, -0.2) is 0 Å². The fraction of sp³-hybridized carbons (Fsp3) is 0.273. The third-order valence-electron chi connectivity index (χ3n) is 1.83. The van der Waals surface area contributed by atoms with E-state index in [4.69, 9.17) is 23.2 Å². The van der Waals surface area contributed by atoms with Crippen molar-refractivity contribution in [2.75, 3.05) is 0 Å². The average Bonchev–Trinajstić information content (AvgIpc) is 2.08. The lowest BCUT2D eigenvalue weighted by Crippen LogP contribution is -1.84. The van der Waals surface area contributed by atoms with Gasteiger partial charge in [-0.2, -0.15) is 0 Å². The predicted molar refractivity (Wildman–Crippen MR) is 59.4 cm³/mol. The van der Waals surface area contributed by atoms with Gasteiger partial charge in [0.15, 0.2) is 0 Å². The number of allylic oxidation sites excluding steroid dienone is 1. The molecule has 13 heavy (non-hydrogen) atoms. The van der Waals surface area contributed by atoms with Gasteiger partial charge in [-0.25, -0.2) is 0 Å². The molecule has 0 aromatic heterocycles. The Bertz CT molecular complexity index is 275. The third kappa shape index (κ3) is 4.35. The molecule has 0 nitrogen and oxygen atoms in total. The Kier molecular flexibility index (Phi) is 4.34. The van der Waals surface area contributed by atoms with Crippen molar-refractivity contribution in [3.63, 3.8) is 0 Å². The molecule has 0 amide bonds. The SMILES string of the molecule is C=C(Cl)CCCc1ccc(Cl)cc1. The summed E-state index contributed by atoms with van der Waals surface area (Å²) in [5, 5.41) is 1.51. The molecule has 0 aliphatic carbocycles. The highest BCUT2D eigenvalue weighted by atomic mass is 35.5. The quantitative estimate of drug-likeness (QED) is 0.697. The maximum atomic E-state index is 5.76. The number of hydrogen-bond acceptors (Lipinski definition) is 0. The summed E-state index contributed by atoms with van der Waals surface area (Å²) in [6.45, 7) is 3.64. The van der Waals surface area contributed by atoms with Gasteiger partial charge in [0.1, 0.15) is 0 Å². The van der Waals surface area contributed by atoms with E-state index in [9.17, 15) is 0 Å². The zero-order valence-electron chi connectivity index (χ0n) is 7.39. The van der Waals surface area contributed by atoms with Crippen molar-refractivity contribution in [3.05, 3.63) is 46.5 Å². The first-order chi connectivity index (χ1) is 6.18. The zero-order chi connectivity index (χ0) is 9.68. The van der Waals surface area contributed by atoms with Crippen LogP contribution >= 0.6 is 23.2 Å². The van der Waals surface area contributed by atoms with Gasteiger partial charge in [0.05, 0.1) is 0 Å². The molecule has 0 aliphatic rings. The molecule has 0 saturated carbocycles. The first-order valence-electron chi connectivity index (χ1n) is 4.26. The van der Waals surface area contributed by atoms with Gasteiger partial charge in [-0.05, 0) is 37.0 Å². The number of halogens is 2. The van der Waals surface area contributed by atoms with Crippen molar-refractivity contribution in [1.82, 2.24) is 0 Å². The minimum atomic E-state index is 0.731. The Hall–Kier alpha value is -0.460. The van der Waals surface area contributed by atoms with Crippen molar-refractivity contribution in [1.29, 1.82) is 0 Å². The van der Waals surface area contributed by atoms with Crippen LogP contribution in [0.15, 0.2) is 35.9 Å². The Balaban J connectivity index is 2.37. The van der Waals surface area contributed by atoms with E-state index < -0.39 is 0 Å². The van der Waals surface area contributed by atoms with Crippen LogP contribution in [0.4, 0.5) is 0 Å². The smallest absolute Gasteiger partial charge is 0.0406 e. The van der Waals surface area contributed by atoms with Gasteiger partial charge in [0.2, 0.25) is 0 Å². The first kappa shape index (κ1) is 10.6. The Labute approximate surface area is 89.2 Å². The van der Waals surface area contributed by atoms with Crippen molar-refractivity contribution in [3.8, 4) is 0 Å². The minimum Gasteiger partial charge on any atom is -0.0898 e. The van der Waals surface area contributed by atoms with Crippen LogP contribution in [0.25, 0.3) is 0 Å². The highest BCUT2D eigenvalue weighted by Gasteiger charge is 1.94. The molecule has 1 rings (SSSR count). The van der Waals surface area contributed by atoms with Crippen LogP contribution in [-0.2, 0) is 6.42 Å². The topological polar surface area (TPSA) is 0 Å². The molecular weight excluding hydrogens is 203 g/mol. The molecule has 0 bridgehead atoms. The summed E-state index contributed by atoms with van der Waals surface area (Å²) in [6, 6.07) is 7.90. The summed E-state index contributed by atoms with van der Waals surface area (Å²) in [7, 11) is 0. The lowest BCUT2D eigenvalue weighted by molar-refractivity contribution is 0.836. The molecular formula is C11H12Cl2. The Morgan fingerprint density at radius 3 is 2.38 bits per heavy atom. The molecule has 0 N–H and O–H groups in total. The monoisotopic (exact) mass is 214 g/mol. The highest BCUT2D eigenvalue weighted by Crippen LogP contribution is 2.14. The van der Waals surface area contributed by atoms with Crippen LogP contribution < -0.4 is 0 Å². The highest BCUT2D eigenvalue weighted by molar-refractivity contribution is 6.30. The zero-order valence-corrected chi connectivity index (χ0v) is 8.91. The van der Waals surface area contributed by atoms with Crippen molar-refractivity contribution < 1.29 is 0 Å². The van der Waals surface area contributed by atoms with Gasteiger partial charge in [0, 0.05) is 10.1 Å². The molecule has 0 radical (unpaired) electrons. The molecule has 0 spiro atoms. The number of rotatable bonds is 4. The van der Waals surface area contributed by atoms with E-state index in [0.29, 0.717) is 0 Å². The van der Waals surface area contributed by atoms with E-state index >= 15 is 0 Å². The van der Waals surface area contributed by atoms with Gasteiger partial charge in [-0.15, -0.1) is 0 Å². The third-order valence-corrected chi connectivity index (χ3v) is 2.27. The molecule has 0 unspecified atom stereocenters. The first-order valence-corrected chi connectivity index (χ1v) is 5.02. The summed E-state index contributed by atoms with van der Waals surface area (Å²) in [4.78, 5) is 0. The molecule has 0 atom stereocenters. The molecule has 1 aromatic rings. The average molecular weight is 215 g/mol. The molecule has 0 fully saturated rings. The number of hydrogen-bond donors (Lipinski definition) is 0. The van der Waals surface area contributed by atoms with Crippen molar-refractivity contribution in [2.45, 2.75) is 19.3 Å². The van der Waals surface area contributed by atoms with E-state index in [-0.39, 0.29) is 0 Å². The largest absolute Gasteiger partial charge is 0.0898 e. The van der Waals surface area contributed by atoms with Crippen LogP contribution in [0.1, 0.15) is 18.4 Å². The molecule has 2 heteroatoms. The lowest BCUT2D eigenvalue weighted by Gasteiger charge is -2.00. The summed E-state index contributed by atoms with van der Waals surface area (Å²) in [6.07, 6.45) is 2.96. The molecule has 1 aromatic carbocycles. The van der Waals surface area contributed by atoms with E-state index in [1.54, 1.807) is 0 Å². The van der Waals surface area contributed by atoms with Crippen LogP contribution in [0, 0.1) is 0 Å². The maximum Gasteiger partial charge on any atom is 0.0406 e.